The number of aliphatic carboxylic acids is 1. The van der Waals surface area contributed by atoms with E-state index in [1.165, 1.54) is 5.56 Å². The van der Waals surface area contributed by atoms with Crippen LogP contribution in [0.1, 0.15) is 18.9 Å². The van der Waals surface area contributed by atoms with Gasteiger partial charge < -0.3 is 10.0 Å². The van der Waals surface area contributed by atoms with Crippen LogP contribution < -0.4 is 4.90 Å². The van der Waals surface area contributed by atoms with Gasteiger partial charge >= 0.3 is 5.97 Å². The van der Waals surface area contributed by atoms with Crippen molar-refractivity contribution >= 4 is 11.7 Å². The lowest BCUT2D eigenvalue weighted by atomic mass is 10.2. The molecule has 3 heteroatoms. The van der Waals surface area contributed by atoms with Gasteiger partial charge in [0.2, 0.25) is 0 Å². The minimum absolute atomic E-state index is 0.463. The molecule has 1 N–H and O–H groups in total. The summed E-state index contributed by atoms with van der Waals surface area (Å²) in [6.45, 7) is 4.51. The number of nitrogens with zero attached hydrogens (tertiary/aromatic N) is 1. The summed E-state index contributed by atoms with van der Waals surface area (Å²) in [5.74, 6) is -0.829. The lowest BCUT2D eigenvalue weighted by molar-refractivity contribution is -0.132. The molecule has 0 bridgehead atoms. The van der Waals surface area contributed by atoms with Crippen LogP contribution in [0.5, 0.6) is 0 Å². The van der Waals surface area contributed by atoms with Crippen molar-refractivity contribution in [1.29, 1.82) is 0 Å². The lowest BCUT2D eigenvalue weighted by Crippen LogP contribution is -2.18. The Morgan fingerprint density at radius 2 is 2.18 bits per heavy atom. The van der Waals surface area contributed by atoms with E-state index < -0.39 is 5.97 Å². The number of carbonyl (C=O) groups is 1. The second kappa shape index (κ2) is 6.09. The average Bonchev–Trinajstić information content (AvgIpc) is 2.29. The third-order valence-corrected chi connectivity index (χ3v) is 2.71. The highest BCUT2D eigenvalue weighted by atomic mass is 16.4. The van der Waals surface area contributed by atoms with Crippen LogP contribution in [0.15, 0.2) is 35.9 Å². The molecule has 0 amide bonds. The maximum atomic E-state index is 10.8. The van der Waals surface area contributed by atoms with Gasteiger partial charge in [0.05, 0.1) is 0 Å². The lowest BCUT2D eigenvalue weighted by Gasteiger charge is -2.18. The average molecular weight is 233 g/mol. The van der Waals surface area contributed by atoms with Crippen molar-refractivity contribution in [3.8, 4) is 0 Å². The molecule has 0 atom stereocenters. The van der Waals surface area contributed by atoms with Crippen LogP contribution in [0, 0.1) is 6.92 Å². The van der Waals surface area contributed by atoms with Crippen molar-refractivity contribution in [1.82, 2.24) is 0 Å². The quantitative estimate of drug-likeness (QED) is 0.795. The fourth-order valence-corrected chi connectivity index (χ4v) is 1.60. The van der Waals surface area contributed by atoms with E-state index in [-0.39, 0.29) is 0 Å². The first kappa shape index (κ1) is 13.3. The van der Waals surface area contributed by atoms with E-state index in [1.807, 2.05) is 44.0 Å². The highest BCUT2D eigenvalue weighted by molar-refractivity contribution is 5.86. The van der Waals surface area contributed by atoms with Gasteiger partial charge in [-0.25, -0.2) is 4.79 Å². The Morgan fingerprint density at radius 3 is 2.71 bits per heavy atom. The number of likely N-dealkylation sites (N-methyl/N-ethyl adjacent to an activating group) is 1. The number of anilines is 1. The Bertz CT molecular complexity index is 424. The molecule has 3 nitrogen and oxygen atoms in total. The zero-order valence-corrected chi connectivity index (χ0v) is 10.6. The first-order chi connectivity index (χ1) is 8.04. The summed E-state index contributed by atoms with van der Waals surface area (Å²) < 4.78 is 0. The first-order valence-corrected chi connectivity index (χ1v) is 5.74. The molecule has 0 saturated heterocycles. The van der Waals surface area contributed by atoms with Crippen molar-refractivity contribution in [3.05, 3.63) is 41.5 Å². The Kier molecular flexibility index (Phi) is 4.76. The smallest absolute Gasteiger partial charge is 0.331 e. The number of aryl methyl sites for hydroxylation is 1. The van der Waals surface area contributed by atoms with Crippen LogP contribution in [-0.4, -0.2) is 24.7 Å². The number of rotatable bonds is 5. The largest absolute Gasteiger partial charge is 0.478 e. The fraction of sp³-hybridized carbons (Fsp3) is 0.357. The third-order valence-electron chi connectivity index (χ3n) is 2.71. The van der Waals surface area contributed by atoms with E-state index >= 15 is 0 Å². The highest BCUT2D eigenvalue weighted by Gasteiger charge is 2.05. The van der Waals surface area contributed by atoms with Gasteiger partial charge in [-0.1, -0.05) is 25.1 Å². The van der Waals surface area contributed by atoms with E-state index in [0.717, 1.165) is 5.69 Å². The maximum Gasteiger partial charge on any atom is 0.331 e. The molecular formula is C14H19NO2. The molecule has 0 aliphatic rings. The zero-order valence-electron chi connectivity index (χ0n) is 10.6. The number of benzene rings is 1. The molecule has 0 heterocycles. The van der Waals surface area contributed by atoms with Crippen molar-refractivity contribution in [2.45, 2.75) is 20.3 Å². The number of hydrogen-bond acceptors (Lipinski definition) is 2. The molecule has 0 aliphatic heterocycles. The van der Waals surface area contributed by atoms with Crippen LogP contribution in [0.25, 0.3) is 0 Å². The number of carboxylic acid groups (broad SMARTS) is 1. The first-order valence-electron chi connectivity index (χ1n) is 5.74. The predicted molar refractivity (Wildman–Crippen MR) is 70.5 cm³/mol. The fourth-order valence-electron chi connectivity index (χ4n) is 1.60. The summed E-state index contributed by atoms with van der Waals surface area (Å²) in [5.41, 5.74) is 2.76. The molecule has 1 aromatic rings. The normalized spacial score (nSPS) is 11.4. The molecule has 0 aromatic heterocycles. The van der Waals surface area contributed by atoms with Gasteiger partial charge in [-0.3, -0.25) is 0 Å². The van der Waals surface area contributed by atoms with Crippen molar-refractivity contribution in [2.75, 3.05) is 18.5 Å². The molecule has 0 unspecified atom stereocenters. The Morgan fingerprint density at radius 1 is 1.47 bits per heavy atom. The summed E-state index contributed by atoms with van der Waals surface area (Å²) in [7, 11) is 1.96. The summed E-state index contributed by atoms with van der Waals surface area (Å²) in [5, 5.41) is 8.91. The van der Waals surface area contributed by atoms with Gasteiger partial charge in [-0.2, -0.15) is 0 Å². The molecule has 0 saturated carbocycles. The molecule has 0 fully saturated rings. The molecule has 92 valence electrons. The van der Waals surface area contributed by atoms with Gasteiger partial charge in [0.1, 0.15) is 0 Å². The van der Waals surface area contributed by atoms with Crippen LogP contribution in [0.2, 0.25) is 0 Å². The SMILES string of the molecule is CCC(=CCN(C)c1cccc(C)c1)C(=O)O. The Balaban J connectivity index is 2.73. The predicted octanol–water partition coefficient (Wildman–Crippen LogP) is 2.85. The van der Waals surface area contributed by atoms with Gasteiger partial charge in [-0.05, 0) is 31.0 Å². The standard InChI is InChI=1S/C14H19NO2/c1-4-12(14(16)17)8-9-15(3)13-7-5-6-11(2)10-13/h5-8,10H,4,9H2,1-3H3,(H,16,17). The second-order valence-corrected chi connectivity index (χ2v) is 4.11. The molecule has 0 aliphatic carbocycles. The summed E-state index contributed by atoms with van der Waals surface area (Å²) in [6.07, 6.45) is 2.32. The molecule has 1 aromatic carbocycles. The number of hydrogen-bond donors (Lipinski definition) is 1. The van der Waals surface area contributed by atoms with Gasteiger partial charge in [-0.15, -0.1) is 0 Å². The molecule has 1 rings (SSSR count). The van der Waals surface area contributed by atoms with Crippen molar-refractivity contribution in [2.24, 2.45) is 0 Å². The zero-order chi connectivity index (χ0) is 12.8. The van der Waals surface area contributed by atoms with E-state index in [9.17, 15) is 4.79 Å². The highest BCUT2D eigenvalue weighted by Crippen LogP contribution is 2.14. The minimum atomic E-state index is -0.829. The van der Waals surface area contributed by atoms with Gasteiger partial charge in [0, 0.05) is 24.9 Å². The molecular weight excluding hydrogens is 214 g/mol. The monoisotopic (exact) mass is 233 g/mol. The van der Waals surface area contributed by atoms with E-state index in [1.54, 1.807) is 6.08 Å². The summed E-state index contributed by atoms with van der Waals surface area (Å²) in [4.78, 5) is 12.9. The Hall–Kier alpha value is -1.77. The van der Waals surface area contributed by atoms with Gasteiger partial charge in [0.25, 0.3) is 0 Å². The summed E-state index contributed by atoms with van der Waals surface area (Å²) >= 11 is 0. The van der Waals surface area contributed by atoms with Gasteiger partial charge in [0.15, 0.2) is 0 Å². The van der Waals surface area contributed by atoms with E-state index in [4.69, 9.17) is 5.11 Å². The Labute approximate surface area is 102 Å². The van der Waals surface area contributed by atoms with Crippen molar-refractivity contribution in [3.63, 3.8) is 0 Å². The molecule has 17 heavy (non-hydrogen) atoms. The second-order valence-electron chi connectivity index (χ2n) is 4.11. The minimum Gasteiger partial charge on any atom is -0.478 e. The van der Waals surface area contributed by atoms with Crippen LogP contribution in [0.3, 0.4) is 0 Å². The van der Waals surface area contributed by atoms with Crippen LogP contribution in [-0.2, 0) is 4.79 Å². The maximum absolute atomic E-state index is 10.8. The molecule has 0 spiro atoms. The van der Waals surface area contributed by atoms with Crippen LogP contribution in [0.4, 0.5) is 5.69 Å². The number of carboxylic acids is 1. The topological polar surface area (TPSA) is 40.5 Å². The summed E-state index contributed by atoms with van der Waals surface area (Å²) in [6, 6.07) is 8.15. The molecule has 0 radical (unpaired) electrons. The van der Waals surface area contributed by atoms with E-state index in [2.05, 4.69) is 6.07 Å². The third kappa shape index (κ3) is 3.94. The van der Waals surface area contributed by atoms with Crippen LogP contribution >= 0.6 is 0 Å². The van der Waals surface area contributed by atoms with Crippen molar-refractivity contribution < 1.29 is 9.90 Å². The van der Waals surface area contributed by atoms with E-state index in [0.29, 0.717) is 18.5 Å².